The van der Waals surface area contributed by atoms with E-state index >= 15 is 0 Å². The van der Waals surface area contributed by atoms with Gasteiger partial charge >= 0.3 is 5.76 Å². The van der Waals surface area contributed by atoms with Crippen molar-refractivity contribution in [2.24, 2.45) is 0 Å². The molecular weight excluding hydrogens is 273 g/mol. The van der Waals surface area contributed by atoms with Gasteiger partial charge in [-0.15, -0.1) is 0 Å². The number of benzene rings is 2. The van der Waals surface area contributed by atoms with Crippen LogP contribution in [0.4, 0.5) is 15.8 Å². The van der Waals surface area contributed by atoms with E-state index in [9.17, 15) is 9.18 Å². The van der Waals surface area contributed by atoms with Crippen LogP contribution in [0, 0.1) is 5.82 Å². The average molecular weight is 287 g/mol. The minimum atomic E-state index is -0.513. The van der Waals surface area contributed by atoms with E-state index in [0.29, 0.717) is 35.4 Å². The number of rotatable bonds is 4. The van der Waals surface area contributed by atoms with Crippen molar-refractivity contribution in [2.45, 2.75) is 6.42 Å². The van der Waals surface area contributed by atoms with Gasteiger partial charge in [0.15, 0.2) is 5.58 Å². The van der Waals surface area contributed by atoms with E-state index in [1.54, 1.807) is 18.2 Å². The summed E-state index contributed by atoms with van der Waals surface area (Å²) in [4.78, 5) is 13.7. The lowest BCUT2D eigenvalue weighted by atomic mass is 10.1. The second kappa shape index (κ2) is 5.32. The van der Waals surface area contributed by atoms with Gasteiger partial charge in [0, 0.05) is 12.6 Å². The van der Waals surface area contributed by atoms with E-state index in [0.717, 1.165) is 5.56 Å². The van der Waals surface area contributed by atoms with Crippen molar-refractivity contribution in [3.8, 4) is 0 Å². The van der Waals surface area contributed by atoms with Gasteiger partial charge in [0.05, 0.1) is 16.9 Å². The van der Waals surface area contributed by atoms with Gasteiger partial charge in [-0.3, -0.25) is 4.98 Å². The highest BCUT2D eigenvalue weighted by molar-refractivity contribution is 5.85. The minimum absolute atomic E-state index is 0.246. The Morgan fingerprint density at radius 2 is 2.14 bits per heavy atom. The summed E-state index contributed by atoms with van der Waals surface area (Å²) in [6.07, 6.45) is 0.664. The number of aromatic amines is 1. The molecule has 6 heteroatoms. The van der Waals surface area contributed by atoms with Crippen molar-refractivity contribution in [1.82, 2.24) is 4.98 Å². The second-order valence-corrected chi connectivity index (χ2v) is 4.76. The summed E-state index contributed by atoms with van der Waals surface area (Å²) in [5.74, 6) is -0.759. The largest absolute Gasteiger partial charge is 0.417 e. The first-order valence-corrected chi connectivity index (χ1v) is 6.52. The van der Waals surface area contributed by atoms with E-state index in [4.69, 9.17) is 10.2 Å². The van der Waals surface area contributed by atoms with Gasteiger partial charge < -0.3 is 15.5 Å². The summed E-state index contributed by atoms with van der Waals surface area (Å²) >= 11 is 0. The molecule has 0 aliphatic carbocycles. The third-order valence-electron chi connectivity index (χ3n) is 3.21. The van der Waals surface area contributed by atoms with E-state index < -0.39 is 5.76 Å². The van der Waals surface area contributed by atoms with Crippen LogP contribution >= 0.6 is 0 Å². The summed E-state index contributed by atoms with van der Waals surface area (Å²) in [5.41, 5.74) is 9.01. The molecular formula is C15H14FN3O2. The number of aromatic nitrogens is 1. The molecule has 5 nitrogen and oxygen atoms in total. The SMILES string of the molecule is Nc1cc2oc(=O)[nH]c2cc1NCCc1cccc(F)c1. The Bertz CT molecular complexity index is 838. The van der Waals surface area contributed by atoms with Gasteiger partial charge in [-0.1, -0.05) is 12.1 Å². The number of nitrogens with two attached hydrogens (primary N) is 1. The fraction of sp³-hybridized carbons (Fsp3) is 0.133. The van der Waals surface area contributed by atoms with Crippen LogP contribution in [0.15, 0.2) is 45.6 Å². The Morgan fingerprint density at radius 3 is 2.95 bits per heavy atom. The zero-order valence-corrected chi connectivity index (χ0v) is 11.2. The van der Waals surface area contributed by atoms with Crippen molar-refractivity contribution in [3.05, 3.63) is 58.3 Å². The Kier molecular flexibility index (Phi) is 3.35. The molecule has 0 atom stereocenters. The Hall–Kier alpha value is -2.76. The fourth-order valence-corrected chi connectivity index (χ4v) is 2.20. The second-order valence-electron chi connectivity index (χ2n) is 4.76. The molecule has 2 aromatic carbocycles. The van der Waals surface area contributed by atoms with Gasteiger partial charge in [-0.2, -0.15) is 0 Å². The van der Waals surface area contributed by atoms with Crippen LogP contribution in [0.1, 0.15) is 5.56 Å². The maximum Gasteiger partial charge on any atom is 0.417 e. The number of oxazole rings is 1. The Morgan fingerprint density at radius 1 is 1.29 bits per heavy atom. The van der Waals surface area contributed by atoms with Gasteiger partial charge in [0.1, 0.15) is 5.82 Å². The van der Waals surface area contributed by atoms with E-state index in [1.165, 1.54) is 12.1 Å². The van der Waals surface area contributed by atoms with Gasteiger partial charge in [-0.25, -0.2) is 9.18 Å². The van der Waals surface area contributed by atoms with Crippen LogP contribution in [0.3, 0.4) is 0 Å². The highest BCUT2D eigenvalue weighted by atomic mass is 19.1. The van der Waals surface area contributed by atoms with Crippen LogP contribution in [0.25, 0.3) is 11.1 Å². The zero-order valence-electron chi connectivity index (χ0n) is 11.2. The lowest BCUT2D eigenvalue weighted by Crippen LogP contribution is -2.07. The van der Waals surface area contributed by atoms with Crippen LogP contribution in [-0.2, 0) is 6.42 Å². The molecule has 1 heterocycles. The number of anilines is 2. The summed E-state index contributed by atoms with van der Waals surface area (Å²) in [6, 6.07) is 9.78. The molecule has 0 aliphatic rings. The summed E-state index contributed by atoms with van der Waals surface area (Å²) in [6.45, 7) is 0.598. The molecule has 3 rings (SSSR count). The van der Waals surface area contributed by atoms with E-state index in [1.807, 2.05) is 6.07 Å². The van der Waals surface area contributed by atoms with Crippen molar-refractivity contribution in [1.29, 1.82) is 0 Å². The molecule has 1 aromatic heterocycles. The molecule has 0 saturated heterocycles. The highest BCUT2D eigenvalue weighted by Crippen LogP contribution is 2.24. The van der Waals surface area contributed by atoms with Crippen LogP contribution < -0.4 is 16.8 Å². The normalized spacial score (nSPS) is 10.9. The van der Waals surface area contributed by atoms with Crippen molar-refractivity contribution < 1.29 is 8.81 Å². The number of fused-ring (bicyclic) bond motifs is 1. The van der Waals surface area contributed by atoms with Gasteiger partial charge in [0.2, 0.25) is 0 Å². The first-order chi connectivity index (χ1) is 10.1. The number of H-pyrrole nitrogens is 1. The zero-order chi connectivity index (χ0) is 14.8. The number of nitrogens with one attached hydrogen (secondary N) is 2. The molecule has 0 saturated carbocycles. The lowest BCUT2D eigenvalue weighted by molar-refractivity contribution is 0.555. The van der Waals surface area contributed by atoms with Gasteiger partial charge in [-0.05, 0) is 30.2 Å². The summed E-state index contributed by atoms with van der Waals surface area (Å²) in [5, 5.41) is 3.17. The molecule has 0 spiro atoms. The molecule has 0 bridgehead atoms. The predicted octanol–water partition coefficient (Wildman–Crippen LogP) is 2.50. The van der Waals surface area contributed by atoms with Crippen molar-refractivity contribution in [2.75, 3.05) is 17.6 Å². The average Bonchev–Trinajstić information content (AvgIpc) is 2.78. The third-order valence-corrected chi connectivity index (χ3v) is 3.21. The summed E-state index contributed by atoms with van der Waals surface area (Å²) in [7, 11) is 0. The smallest absolute Gasteiger partial charge is 0.408 e. The fourth-order valence-electron chi connectivity index (χ4n) is 2.20. The predicted molar refractivity (Wildman–Crippen MR) is 79.8 cm³/mol. The van der Waals surface area contributed by atoms with E-state index in [2.05, 4.69) is 10.3 Å². The number of halogens is 1. The first-order valence-electron chi connectivity index (χ1n) is 6.52. The molecule has 108 valence electrons. The Labute approximate surface area is 119 Å². The monoisotopic (exact) mass is 287 g/mol. The molecule has 0 fully saturated rings. The first kappa shape index (κ1) is 13.2. The molecule has 3 aromatic rings. The van der Waals surface area contributed by atoms with Crippen molar-refractivity contribution in [3.63, 3.8) is 0 Å². The third kappa shape index (κ3) is 2.89. The topological polar surface area (TPSA) is 84.0 Å². The molecule has 0 amide bonds. The van der Waals surface area contributed by atoms with Crippen molar-refractivity contribution >= 4 is 22.5 Å². The van der Waals surface area contributed by atoms with Crippen LogP contribution in [-0.4, -0.2) is 11.5 Å². The minimum Gasteiger partial charge on any atom is -0.408 e. The highest BCUT2D eigenvalue weighted by Gasteiger charge is 2.06. The molecule has 0 unspecified atom stereocenters. The molecule has 0 aliphatic heterocycles. The lowest BCUT2D eigenvalue weighted by Gasteiger charge is -2.09. The number of nitrogen functional groups attached to an aromatic ring is 1. The van der Waals surface area contributed by atoms with Crippen LogP contribution in [0.2, 0.25) is 0 Å². The number of hydrogen-bond acceptors (Lipinski definition) is 4. The molecule has 0 radical (unpaired) electrons. The standard InChI is InChI=1S/C15H14FN3O2/c16-10-3-1-2-9(6-10)4-5-18-12-8-13-14(7-11(12)17)21-15(20)19-13/h1-3,6-8,18H,4-5,17H2,(H,19,20). The van der Waals surface area contributed by atoms with Gasteiger partial charge in [0.25, 0.3) is 0 Å². The van der Waals surface area contributed by atoms with E-state index in [-0.39, 0.29) is 5.82 Å². The molecule has 4 N–H and O–H groups in total. The number of hydrogen-bond donors (Lipinski definition) is 3. The van der Waals surface area contributed by atoms with Crippen LogP contribution in [0.5, 0.6) is 0 Å². The molecule has 21 heavy (non-hydrogen) atoms. The Balaban J connectivity index is 1.72. The maximum atomic E-state index is 13.1. The quantitative estimate of drug-likeness (QED) is 0.644. The maximum absolute atomic E-state index is 13.1. The summed E-state index contributed by atoms with van der Waals surface area (Å²) < 4.78 is 18.0.